The van der Waals surface area contributed by atoms with Crippen LogP contribution in [0.25, 0.3) is 0 Å². The molecule has 0 atom stereocenters. The first kappa shape index (κ1) is 10.1. The summed E-state index contributed by atoms with van der Waals surface area (Å²) < 4.78 is 0. The van der Waals surface area contributed by atoms with Crippen LogP contribution in [-0.4, -0.2) is 54.6 Å². The molecule has 0 aliphatic carbocycles. The van der Waals surface area contributed by atoms with E-state index in [9.17, 15) is 0 Å². The average Bonchev–Trinajstić information content (AvgIpc) is 2.71. The molecule has 0 aromatic carbocycles. The normalized spacial score (nSPS) is 23.8. The molecule has 2 rings (SSSR count). The van der Waals surface area contributed by atoms with Crippen LogP contribution in [0.4, 0.5) is 0 Å². The largest absolute Gasteiger partial charge is 0.354 e. The lowest BCUT2D eigenvalue weighted by molar-refractivity contribution is 0.215. The topological polar surface area (TPSA) is 30.3 Å². The van der Waals surface area contributed by atoms with E-state index >= 15 is 0 Å². The highest BCUT2D eigenvalue weighted by molar-refractivity contribution is 8.04. The Morgan fingerprint density at radius 1 is 1.36 bits per heavy atom. The SMILES string of the molecule is CN1CCN(C(=N)C2=CCCS2)CC1. The van der Waals surface area contributed by atoms with Crippen molar-refractivity contribution in [2.45, 2.75) is 6.42 Å². The Kier molecular flexibility index (Phi) is 3.13. The lowest BCUT2D eigenvalue weighted by Crippen LogP contribution is -2.47. The summed E-state index contributed by atoms with van der Waals surface area (Å²) in [6.07, 6.45) is 3.33. The van der Waals surface area contributed by atoms with Crippen molar-refractivity contribution >= 4 is 17.6 Å². The number of piperazine rings is 1. The molecule has 1 saturated heterocycles. The fourth-order valence-electron chi connectivity index (χ4n) is 1.77. The predicted molar refractivity (Wildman–Crippen MR) is 62.0 cm³/mol. The highest BCUT2D eigenvalue weighted by Crippen LogP contribution is 2.26. The fraction of sp³-hybridized carbons (Fsp3) is 0.700. The van der Waals surface area contributed by atoms with Crippen LogP contribution in [0.5, 0.6) is 0 Å². The molecular weight excluding hydrogens is 194 g/mol. The summed E-state index contributed by atoms with van der Waals surface area (Å²) in [4.78, 5) is 5.71. The van der Waals surface area contributed by atoms with Gasteiger partial charge in [-0.3, -0.25) is 5.41 Å². The summed E-state index contributed by atoms with van der Waals surface area (Å²) in [6.45, 7) is 4.18. The molecule has 0 bridgehead atoms. The van der Waals surface area contributed by atoms with Gasteiger partial charge in [0.1, 0.15) is 5.84 Å². The molecule has 0 aromatic heterocycles. The van der Waals surface area contributed by atoms with E-state index in [1.165, 1.54) is 4.91 Å². The first-order valence-corrected chi connectivity index (χ1v) is 6.11. The molecule has 0 radical (unpaired) electrons. The number of likely N-dealkylation sites (N-methyl/N-ethyl adjacent to an activating group) is 1. The summed E-state index contributed by atoms with van der Waals surface area (Å²) in [5, 5.41) is 8.06. The molecule has 1 N–H and O–H groups in total. The smallest absolute Gasteiger partial charge is 0.134 e. The van der Waals surface area contributed by atoms with E-state index in [0.29, 0.717) is 0 Å². The van der Waals surface area contributed by atoms with Gasteiger partial charge in [0.25, 0.3) is 0 Å². The van der Waals surface area contributed by atoms with Gasteiger partial charge in [-0.15, -0.1) is 11.8 Å². The van der Waals surface area contributed by atoms with Crippen LogP contribution >= 0.6 is 11.8 Å². The molecule has 0 amide bonds. The van der Waals surface area contributed by atoms with Crippen LogP contribution in [0.3, 0.4) is 0 Å². The maximum atomic E-state index is 8.06. The quantitative estimate of drug-likeness (QED) is 0.523. The zero-order valence-corrected chi connectivity index (χ0v) is 9.44. The minimum absolute atomic E-state index is 0.751. The van der Waals surface area contributed by atoms with Gasteiger partial charge in [0.2, 0.25) is 0 Å². The number of hydrogen-bond acceptors (Lipinski definition) is 3. The average molecular weight is 211 g/mol. The van der Waals surface area contributed by atoms with Crippen LogP contribution in [0.15, 0.2) is 11.0 Å². The van der Waals surface area contributed by atoms with Gasteiger partial charge in [-0.05, 0) is 13.5 Å². The Morgan fingerprint density at radius 2 is 2.07 bits per heavy atom. The van der Waals surface area contributed by atoms with Crippen LogP contribution in [0.2, 0.25) is 0 Å². The van der Waals surface area contributed by atoms with E-state index in [4.69, 9.17) is 5.41 Å². The van der Waals surface area contributed by atoms with Gasteiger partial charge >= 0.3 is 0 Å². The van der Waals surface area contributed by atoms with Gasteiger partial charge in [0, 0.05) is 36.8 Å². The Bertz CT molecular complexity index is 254. The number of thioether (sulfide) groups is 1. The summed E-state index contributed by atoms with van der Waals surface area (Å²) in [7, 11) is 2.14. The second-order valence-electron chi connectivity index (χ2n) is 3.84. The monoisotopic (exact) mass is 211 g/mol. The van der Waals surface area contributed by atoms with Gasteiger partial charge in [0.05, 0.1) is 0 Å². The number of rotatable bonds is 1. The molecule has 3 nitrogen and oxygen atoms in total. The van der Waals surface area contributed by atoms with Crippen LogP contribution in [-0.2, 0) is 0 Å². The van der Waals surface area contributed by atoms with Gasteiger partial charge in [-0.25, -0.2) is 0 Å². The van der Waals surface area contributed by atoms with E-state index in [2.05, 4.69) is 22.9 Å². The number of nitrogens with zero attached hydrogens (tertiary/aromatic N) is 2. The third-order valence-electron chi connectivity index (χ3n) is 2.76. The third kappa shape index (κ3) is 2.12. The van der Waals surface area contributed by atoms with Gasteiger partial charge in [-0.1, -0.05) is 6.08 Å². The van der Waals surface area contributed by atoms with Crippen molar-refractivity contribution in [1.82, 2.24) is 9.80 Å². The minimum atomic E-state index is 0.751. The predicted octanol–water partition coefficient (Wildman–Crippen LogP) is 1.23. The lowest BCUT2D eigenvalue weighted by atomic mass is 10.3. The maximum absolute atomic E-state index is 8.06. The molecule has 2 aliphatic rings. The van der Waals surface area contributed by atoms with Crippen molar-refractivity contribution in [2.75, 3.05) is 39.0 Å². The minimum Gasteiger partial charge on any atom is -0.354 e. The molecule has 0 aromatic rings. The van der Waals surface area contributed by atoms with Gasteiger partial charge in [-0.2, -0.15) is 0 Å². The Labute approximate surface area is 89.7 Å². The van der Waals surface area contributed by atoms with E-state index in [1.807, 2.05) is 11.8 Å². The van der Waals surface area contributed by atoms with Crippen molar-refractivity contribution in [3.05, 3.63) is 11.0 Å². The molecule has 78 valence electrons. The van der Waals surface area contributed by atoms with Gasteiger partial charge < -0.3 is 9.80 Å². The lowest BCUT2D eigenvalue weighted by Gasteiger charge is -2.34. The number of nitrogens with one attached hydrogen (secondary N) is 1. The standard InChI is InChI=1S/C10H17N3S/c1-12-4-6-13(7-5-12)10(11)9-3-2-8-14-9/h3,11H,2,4-8H2,1H3. The van der Waals surface area contributed by atoms with E-state index in [0.717, 1.165) is 44.2 Å². The molecule has 0 unspecified atom stereocenters. The molecular formula is C10H17N3S. The van der Waals surface area contributed by atoms with Crippen LogP contribution in [0, 0.1) is 5.41 Å². The number of allylic oxidation sites excluding steroid dienone is 1. The van der Waals surface area contributed by atoms with E-state index < -0.39 is 0 Å². The van der Waals surface area contributed by atoms with Crippen molar-refractivity contribution in [3.8, 4) is 0 Å². The van der Waals surface area contributed by atoms with Crippen LogP contribution in [0.1, 0.15) is 6.42 Å². The molecule has 0 spiro atoms. The third-order valence-corrected chi connectivity index (χ3v) is 3.87. The zero-order valence-electron chi connectivity index (χ0n) is 8.62. The molecule has 0 saturated carbocycles. The highest BCUT2D eigenvalue weighted by atomic mass is 32.2. The van der Waals surface area contributed by atoms with Gasteiger partial charge in [0.15, 0.2) is 0 Å². The Hall–Kier alpha value is -0.480. The van der Waals surface area contributed by atoms with Crippen molar-refractivity contribution in [3.63, 3.8) is 0 Å². The first-order chi connectivity index (χ1) is 6.77. The van der Waals surface area contributed by atoms with E-state index in [1.54, 1.807) is 0 Å². The van der Waals surface area contributed by atoms with Crippen molar-refractivity contribution < 1.29 is 0 Å². The van der Waals surface area contributed by atoms with Crippen LogP contribution < -0.4 is 0 Å². The number of amidine groups is 1. The molecule has 4 heteroatoms. The van der Waals surface area contributed by atoms with Crippen molar-refractivity contribution in [1.29, 1.82) is 5.41 Å². The Balaban J connectivity index is 1.91. The summed E-state index contributed by atoms with van der Waals surface area (Å²) >= 11 is 1.83. The maximum Gasteiger partial charge on any atom is 0.134 e. The summed E-state index contributed by atoms with van der Waals surface area (Å²) in [6, 6.07) is 0. The zero-order chi connectivity index (χ0) is 9.97. The molecule has 1 fully saturated rings. The second-order valence-corrected chi connectivity index (χ2v) is 4.98. The number of hydrogen-bond donors (Lipinski definition) is 1. The second kappa shape index (κ2) is 4.36. The summed E-state index contributed by atoms with van der Waals surface area (Å²) in [5.74, 6) is 1.91. The highest BCUT2D eigenvalue weighted by Gasteiger charge is 2.20. The molecule has 2 heterocycles. The molecule has 2 aliphatic heterocycles. The van der Waals surface area contributed by atoms with E-state index in [-0.39, 0.29) is 0 Å². The molecule has 14 heavy (non-hydrogen) atoms. The fourth-order valence-corrected chi connectivity index (χ4v) is 2.73. The van der Waals surface area contributed by atoms with Crippen molar-refractivity contribution in [2.24, 2.45) is 0 Å². The Morgan fingerprint density at radius 3 is 2.64 bits per heavy atom. The summed E-state index contributed by atoms with van der Waals surface area (Å²) in [5.41, 5.74) is 0. The first-order valence-electron chi connectivity index (χ1n) is 5.13.